The van der Waals surface area contributed by atoms with Crippen molar-refractivity contribution in [2.45, 2.75) is 131 Å². The number of hydrogen-bond donors (Lipinski definition) is 1. The molecule has 12 nitrogen and oxygen atoms in total. The summed E-state index contributed by atoms with van der Waals surface area (Å²) < 4.78 is 50.9. The van der Waals surface area contributed by atoms with Crippen molar-refractivity contribution in [2.75, 3.05) is 46.2 Å². The second-order valence-corrected chi connectivity index (χ2v) is 20.2. The predicted octanol–water partition coefficient (Wildman–Crippen LogP) is 12.4. The molecule has 1 aliphatic rings. The van der Waals surface area contributed by atoms with Crippen molar-refractivity contribution in [3.8, 4) is 28.0 Å². The zero-order valence-electron chi connectivity index (χ0n) is 45.3. The summed E-state index contributed by atoms with van der Waals surface area (Å²) in [5, 5.41) is 9.43. The van der Waals surface area contributed by atoms with Gasteiger partial charge in [0.05, 0.1) is 25.4 Å². The Kier molecular flexibility index (Phi) is 24.4. The highest BCUT2D eigenvalue weighted by Crippen LogP contribution is 2.41. The number of esters is 5. The summed E-state index contributed by atoms with van der Waals surface area (Å²) in [6, 6.07) is 15.4. The molecular formula is C62H79FO12. The van der Waals surface area contributed by atoms with Gasteiger partial charge in [0.2, 0.25) is 0 Å². The first-order valence-corrected chi connectivity index (χ1v) is 26.2. The van der Waals surface area contributed by atoms with Crippen molar-refractivity contribution in [1.82, 2.24) is 0 Å². The third-order valence-corrected chi connectivity index (χ3v) is 13.5. The molecule has 0 aliphatic heterocycles. The van der Waals surface area contributed by atoms with Crippen molar-refractivity contribution in [1.29, 1.82) is 0 Å². The number of carbonyl (C=O) groups is 5. The maximum atomic E-state index is 16.6. The molecule has 3 aromatic carbocycles. The zero-order chi connectivity index (χ0) is 55.2. The molecule has 0 spiro atoms. The summed E-state index contributed by atoms with van der Waals surface area (Å²) in [5.74, 6) is -2.25. The highest BCUT2D eigenvalue weighted by Gasteiger charge is 2.38. The average molecular weight is 1040 g/mol. The van der Waals surface area contributed by atoms with Crippen LogP contribution in [0.15, 0.2) is 109 Å². The fourth-order valence-corrected chi connectivity index (χ4v) is 8.91. The van der Waals surface area contributed by atoms with Crippen LogP contribution in [0.5, 0.6) is 5.75 Å². The number of carbonyl (C=O) groups excluding carboxylic acids is 5. The lowest BCUT2D eigenvalue weighted by Crippen LogP contribution is -2.44. The second kappa shape index (κ2) is 30.1. The summed E-state index contributed by atoms with van der Waals surface area (Å²) in [5.41, 5.74) is 5.49. The average Bonchev–Trinajstić information content (AvgIpc) is 3.39. The molecule has 0 saturated heterocycles. The summed E-state index contributed by atoms with van der Waals surface area (Å²) >= 11 is 0. The maximum Gasteiger partial charge on any atom is 0.335 e. The Hall–Kier alpha value is -6.60. The van der Waals surface area contributed by atoms with Gasteiger partial charge >= 0.3 is 29.8 Å². The quantitative estimate of drug-likeness (QED) is 0.0281. The van der Waals surface area contributed by atoms with Crippen LogP contribution in [0.1, 0.15) is 134 Å². The molecule has 75 heavy (non-hydrogen) atoms. The molecule has 0 atom stereocenters. The van der Waals surface area contributed by atoms with E-state index in [4.69, 9.17) is 28.4 Å². The number of ether oxygens (including phenoxy) is 6. The zero-order valence-corrected chi connectivity index (χ0v) is 45.3. The monoisotopic (exact) mass is 1030 g/mol. The van der Waals surface area contributed by atoms with Crippen molar-refractivity contribution < 1.29 is 61.9 Å². The van der Waals surface area contributed by atoms with E-state index in [1.807, 2.05) is 31.2 Å². The van der Waals surface area contributed by atoms with Crippen molar-refractivity contribution in [3.05, 3.63) is 137 Å². The van der Waals surface area contributed by atoms with Crippen LogP contribution in [0.3, 0.4) is 0 Å². The Morgan fingerprint density at radius 1 is 0.587 bits per heavy atom. The topological polar surface area (TPSA) is 161 Å². The molecular weight excluding hydrogens is 956 g/mol. The van der Waals surface area contributed by atoms with Crippen molar-refractivity contribution in [2.24, 2.45) is 11.3 Å². The molecule has 0 aromatic heterocycles. The van der Waals surface area contributed by atoms with E-state index >= 15 is 4.39 Å². The minimum atomic E-state index is -1.45. The van der Waals surface area contributed by atoms with Crippen LogP contribution >= 0.6 is 0 Å². The number of aliphatic hydroxyl groups is 1. The Morgan fingerprint density at radius 2 is 1.12 bits per heavy atom. The van der Waals surface area contributed by atoms with Gasteiger partial charge < -0.3 is 33.5 Å². The molecule has 1 aliphatic carbocycles. The largest absolute Gasteiger partial charge is 0.492 e. The number of unbranched alkanes of at least 4 members (excludes halogenated alkanes) is 2. The summed E-state index contributed by atoms with van der Waals surface area (Å²) in [6.45, 7) is 26.5. The molecule has 1 saturated carbocycles. The van der Waals surface area contributed by atoms with Crippen molar-refractivity contribution in [3.63, 3.8) is 0 Å². The molecule has 0 amide bonds. The van der Waals surface area contributed by atoms with Gasteiger partial charge in [0.25, 0.3) is 0 Å². The highest BCUT2D eigenvalue weighted by atomic mass is 19.1. The van der Waals surface area contributed by atoms with E-state index in [9.17, 15) is 29.1 Å². The Balaban J connectivity index is 1.82. The van der Waals surface area contributed by atoms with Crippen LogP contribution in [0.4, 0.5) is 4.39 Å². The van der Waals surface area contributed by atoms with E-state index in [2.05, 4.69) is 52.0 Å². The van der Waals surface area contributed by atoms with Gasteiger partial charge in [0.15, 0.2) is 0 Å². The smallest absolute Gasteiger partial charge is 0.335 e. The van der Waals surface area contributed by atoms with Gasteiger partial charge in [-0.3, -0.25) is 0 Å². The SMILES string of the molecule is C=C(C)C(=O)OCCCc1cc(-c2ccc(C3CCC(CCCCC)CC3)cc2F)c(CC)cc1-c1ccc(OCC(COC(=O)C(=C)C)(COC(=O)C(=C)C)COC(=O)C(=C)C)c(CCCOC(=O)C(=C)CO)c1. The number of hydrogen-bond acceptors (Lipinski definition) is 12. The standard InChI is InChI=1S/C62H79FO12/c1-12-14-15-18-45-21-23-47(24-22-45)48-25-27-52(55(63)34-48)54-33-49(19-16-29-70-57(65)40(3)4)53(32-46(54)13-2)50-26-28-56(51(31-50)20-17-30-71-61(69)44(11)35-64)72-36-62(37-73-58(66)41(5)6,38-74-59(67)42(7)8)39-75-60(68)43(9)10/h25-28,31-34,45,47,64H,3,5,7,9,11-24,29-30,35-39H2,1-2,4,6,8,10H3. The van der Waals surface area contributed by atoms with Gasteiger partial charge in [-0.1, -0.05) is 103 Å². The number of aliphatic hydroxyl groups excluding tert-OH is 1. The Morgan fingerprint density at radius 3 is 1.64 bits per heavy atom. The highest BCUT2D eigenvalue weighted by molar-refractivity contribution is 5.89. The van der Waals surface area contributed by atoms with Crippen LogP contribution in [-0.2, 0) is 66.9 Å². The first kappa shape index (κ1) is 61.0. The summed E-state index contributed by atoms with van der Waals surface area (Å²) in [4.78, 5) is 63.2. The number of rotatable bonds is 31. The van der Waals surface area contributed by atoms with Gasteiger partial charge in [0, 0.05) is 27.9 Å². The Labute approximate surface area is 444 Å². The van der Waals surface area contributed by atoms with Crippen LogP contribution in [-0.4, -0.2) is 81.2 Å². The summed E-state index contributed by atoms with van der Waals surface area (Å²) in [7, 11) is 0. The van der Waals surface area contributed by atoms with E-state index in [-0.39, 0.29) is 53.5 Å². The van der Waals surface area contributed by atoms with Crippen LogP contribution < -0.4 is 4.74 Å². The van der Waals surface area contributed by atoms with Crippen LogP contribution in [0.2, 0.25) is 0 Å². The maximum absolute atomic E-state index is 16.6. The van der Waals surface area contributed by atoms with Gasteiger partial charge in [-0.25, -0.2) is 28.4 Å². The van der Waals surface area contributed by atoms with Crippen LogP contribution in [0, 0.1) is 17.2 Å². The number of benzene rings is 3. The van der Waals surface area contributed by atoms with Crippen molar-refractivity contribution >= 4 is 29.8 Å². The van der Waals surface area contributed by atoms with E-state index in [0.717, 1.165) is 52.1 Å². The van der Waals surface area contributed by atoms with E-state index in [1.165, 1.54) is 59.3 Å². The molecule has 4 rings (SSSR count). The molecule has 3 aromatic rings. The molecule has 1 N–H and O–H groups in total. The minimum Gasteiger partial charge on any atom is -0.492 e. The van der Waals surface area contributed by atoms with Gasteiger partial charge in [-0.15, -0.1) is 0 Å². The van der Waals surface area contributed by atoms with Gasteiger partial charge in [-0.2, -0.15) is 0 Å². The normalized spacial score (nSPS) is 14.2. The van der Waals surface area contributed by atoms with E-state index < -0.39 is 61.7 Å². The fourth-order valence-electron chi connectivity index (χ4n) is 8.91. The molecule has 0 unspecified atom stereocenters. The third kappa shape index (κ3) is 18.6. The fraction of sp³-hybridized carbons (Fsp3) is 0.468. The molecule has 0 heterocycles. The molecule has 0 radical (unpaired) electrons. The molecule has 0 bridgehead atoms. The number of aryl methyl sites for hydroxylation is 3. The first-order valence-electron chi connectivity index (χ1n) is 26.2. The minimum absolute atomic E-state index is 0.0243. The van der Waals surface area contributed by atoms with E-state index in [0.29, 0.717) is 54.9 Å². The lowest BCUT2D eigenvalue weighted by Gasteiger charge is -2.32. The Bertz CT molecular complexity index is 2490. The number of halogens is 1. The lowest BCUT2D eigenvalue weighted by atomic mass is 9.76. The molecule has 13 heteroatoms. The van der Waals surface area contributed by atoms with Gasteiger partial charge in [0.1, 0.15) is 43.4 Å². The van der Waals surface area contributed by atoms with Gasteiger partial charge in [-0.05, 0) is 154 Å². The lowest BCUT2D eigenvalue weighted by molar-refractivity contribution is -0.159. The third-order valence-electron chi connectivity index (χ3n) is 13.5. The molecule has 1 fully saturated rings. The molecule has 406 valence electrons. The predicted molar refractivity (Wildman–Crippen MR) is 290 cm³/mol. The second-order valence-electron chi connectivity index (χ2n) is 20.2. The van der Waals surface area contributed by atoms with E-state index in [1.54, 1.807) is 19.1 Å². The van der Waals surface area contributed by atoms with Crippen LogP contribution in [0.25, 0.3) is 22.3 Å². The first-order chi connectivity index (χ1) is 35.7. The summed E-state index contributed by atoms with van der Waals surface area (Å²) in [6.07, 6.45) is 11.6.